The number of benzene rings is 3. The third-order valence-electron chi connectivity index (χ3n) is 5.85. The van der Waals surface area contributed by atoms with E-state index in [1.807, 2.05) is 67.6 Å². The molecule has 0 bridgehead atoms. The van der Waals surface area contributed by atoms with Crippen molar-refractivity contribution in [3.63, 3.8) is 0 Å². The van der Waals surface area contributed by atoms with Gasteiger partial charge in [-0.15, -0.1) is 0 Å². The SMILES string of the molecule is CCCCOc1ccc(C(C)NC(=O)CN2C(=O)/C(=C\c3ccccc3Br)Oc3ccccc32)cc1. The fourth-order valence-corrected chi connectivity index (χ4v) is 4.25. The van der Waals surface area contributed by atoms with E-state index >= 15 is 0 Å². The van der Waals surface area contributed by atoms with Crippen molar-refractivity contribution in [3.05, 3.63) is 94.2 Å². The molecular formula is C29H29BrN2O4. The zero-order valence-electron chi connectivity index (χ0n) is 20.4. The van der Waals surface area contributed by atoms with E-state index in [1.54, 1.807) is 18.2 Å². The Kier molecular flexibility index (Phi) is 8.44. The highest BCUT2D eigenvalue weighted by molar-refractivity contribution is 9.10. The number of hydrogen-bond acceptors (Lipinski definition) is 4. The highest BCUT2D eigenvalue weighted by atomic mass is 79.9. The summed E-state index contributed by atoms with van der Waals surface area (Å²) >= 11 is 3.50. The number of carbonyl (C=O) groups is 2. The highest BCUT2D eigenvalue weighted by Gasteiger charge is 2.32. The molecule has 0 saturated carbocycles. The van der Waals surface area contributed by atoms with Crippen LogP contribution in [0.1, 0.15) is 43.9 Å². The summed E-state index contributed by atoms with van der Waals surface area (Å²) in [6.45, 7) is 4.60. The number of para-hydroxylation sites is 2. The first-order valence-corrected chi connectivity index (χ1v) is 12.8. The normalized spacial score (nSPS) is 14.7. The molecule has 4 rings (SSSR count). The molecule has 7 heteroatoms. The van der Waals surface area contributed by atoms with Gasteiger partial charge in [0.2, 0.25) is 5.91 Å². The average molecular weight is 549 g/mol. The molecule has 1 N–H and O–H groups in total. The molecule has 1 heterocycles. The average Bonchev–Trinajstić information content (AvgIpc) is 2.88. The van der Waals surface area contributed by atoms with Gasteiger partial charge in [-0.25, -0.2) is 0 Å². The van der Waals surface area contributed by atoms with Gasteiger partial charge in [-0.2, -0.15) is 0 Å². The van der Waals surface area contributed by atoms with Crippen molar-refractivity contribution in [2.24, 2.45) is 0 Å². The Morgan fingerprint density at radius 1 is 1.08 bits per heavy atom. The maximum atomic E-state index is 13.4. The summed E-state index contributed by atoms with van der Waals surface area (Å²) in [7, 11) is 0. The zero-order valence-corrected chi connectivity index (χ0v) is 22.0. The predicted octanol–water partition coefficient (Wildman–Crippen LogP) is 6.27. The van der Waals surface area contributed by atoms with Gasteiger partial charge >= 0.3 is 0 Å². The number of rotatable bonds is 9. The molecule has 3 aromatic carbocycles. The molecule has 1 aliphatic rings. The topological polar surface area (TPSA) is 67.9 Å². The number of nitrogens with zero attached hydrogens (tertiary/aromatic N) is 1. The Balaban J connectivity index is 1.47. The van der Waals surface area contributed by atoms with Crippen molar-refractivity contribution in [1.29, 1.82) is 0 Å². The van der Waals surface area contributed by atoms with Gasteiger partial charge in [-0.1, -0.05) is 71.7 Å². The monoisotopic (exact) mass is 548 g/mol. The Morgan fingerprint density at radius 2 is 1.81 bits per heavy atom. The van der Waals surface area contributed by atoms with E-state index in [-0.39, 0.29) is 30.2 Å². The molecule has 0 spiro atoms. The van der Waals surface area contributed by atoms with Crippen LogP contribution in [0.25, 0.3) is 6.08 Å². The second kappa shape index (κ2) is 11.9. The number of carbonyl (C=O) groups excluding carboxylic acids is 2. The smallest absolute Gasteiger partial charge is 0.294 e. The fraction of sp³-hybridized carbons (Fsp3) is 0.241. The lowest BCUT2D eigenvalue weighted by Crippen LogP contribution is -2.44. The third kappa shape index (κ3) is 6.15. The molecule has 1 aliphatic heterocycles. The van der Waals surface area contributed by atoms with Gasteiger partial charge in [-0.3, -0.25) is 14.5 Å². The summed E-state index contributed by atoms with van der Waals surface area (Å²) in [5, 5.41) is 3.00. The summed E-state index contributed by atoms with van der Waals surface area (Å²) in [4.78, 5) is 27.8. The van der Waals surface area contributed by atoms with Crippen LogP contribution in [0.5, 0.6) is 11.5 Å². The summed E-state index contributed by atoms with van der Waals surface area (Å²) < 4.78 is 12.5. The minimum absolute atomic E-state index is 0.130. The number of ether oxygens (including phenoxy) is 2. The molecule has 0 saturated heterocycles. The quantitative estimate of drug-likeness (QED) is 0.252. The van der Waals surface area contributed by atoms with Gasteiger partial charge in [0, 0.05) is 4.47 Å². The fourth-order valence-electron chi connectivity index (χ4n) is 3.85. The van der Waals surface area contributed by atoms with Crippen LogP contribution in [0.15, 0.2) is 83.0 Å². The number of fused-ring (bicyclic) bond motifs is 1. The molecule has 0 aliphatic carbocycles. The van der Waals surface area contributed by atoms with E-state index in [9.17, 15) is 9.59 Å². The number of amides is 2. The number of nitrogens with one attached hydrogen (secondary N) is 1. The van der Waals surface area contributed by atoms with Crippen molar-refractivity contribution in [2.45, 2.75) is 32.7 Å². The van der Waals surface area contributed by atoms with Gasteiger partial charge in [-0.05, 0) is 60.9 Å². The molecule has 0 fully saturated rings. The van der Waals surface area contributed by atoms with E-state index in [2.05, 4.69) is 28.2 Å². The van der Waals surface area contributed by atoms with Gasteiger partial charge < -0.3 is 14.8 Å². The Bertz CT molecular complexity index is 1260. The standard InChI is InChI=1S/C29H29BrN2O4/c1-3-4-17-35-23-15-13-21(14-16-23)20(2)31-28(33)19-32-25-11-7-8-12-26(25)36-27(29(32)34)18-22-9-5-6-10-24(22)30/h5-16,18,20H,3-4,17,19H2,1-2H3,(H,31,33)/b27-18+. The number of halogens is 1. The first-order valence-electron chi connectivity index (χ1n) is 12.0. The number of anilines is 1. The Morgan fingerprint density at radius 3 is 2.56 bits per heavy atom. The lowest BCUT2D eigenvalue weighted by atomic mass is 10.1. The Labute approximate surface area is 220 Å². The molecule has 2 amide bonds. The number of unbranched alkanes of at least 4 members (excludes halogenated alkanes) is 1. The maximum Gasteiger partial charge on any atom is 0.294 e. The second-order valence-electron chi connectivity index (χ2n) is 8.55. The van der Waals surface area contributed by atoms with Gasteiger partial charge in [0.05, 0.1) is 18.3 Å². The van der Waals surface area contributed by atoms with Gasteiger partial charge in [0.1, 0.15) is 12.3 Å². The van der Waals surface area contributed by atoms with Crippen molar-refractivity contribution < 1.29 is 19.1 Å². The number of hydrogen-bond donors (Lipinski definition) is 1. The predicted molar refractivity (Wildman–Crippen MR) is 145 cm³/mol. The van der Waals surface area contributed by atoms with Crippen molar-refractivity contribution in [2.75, 3.05) is 18.1 Å². The maximum absolute atomic E-state index is 13.4. The van der Waals surface area contributed by atoms with E-state index < -0.39 is 0 Å². The summed E-state index contributed by atoms with van der Waals surface area (Å²) in [6, 6.07) is 22.2. The lowest BCUT2D eigenvalue weighted by molar-refractivity contribution is -0.123. The molecular weight excluding hydrogens is 520 g/mol. The molecule has 0 radical (unpaired) electrons. The second-order valence-corrected chi connectivity index (χ2v) is 9.41. The van der Waals surface area contributed by atoms with Crippen LogP contribution in [-0.2, 0) is 9.59 Å². The minimum atomic E-state index is -0.374. The van der Waals surface area contributed by atoms with Crippen LogP contribution < -0.4 is 19.7 Å². The molecule has 36 heavy (non-hydrogen) atoms. The van der Waals surface area contributed by atoms with Crippen molar-refractivity contribution in [3.8, 4) is 11.5 Å². The summed E-state index contributed by atoms with van der Waals surface area (Å²) in [6.07, 6.45) is 3.77. The van der Waals surface area contributed by atoms with E-state index in [0.29, 0.717) is 18.0 Å². The molecule has 0 aromatic heterocycles. The largest absolute Gasteiger partial charge is 0.494 e. The molecule has 6 nitrogen and oxygen atoms in total. The van der Waals surface area contributed by atoms with E-state index in [1.165, 1.54) is 4.90 Å². The zero-order chi connectivity index (χ0) is 25.5. The summed E-state index contributed by atoms with van der Waals surface area (Å²) in [5.74, 6) is 0.845. The van der Waals surface area contributed by atoms with Gasteiger partial charge in [0.15, 0.2) is 11.5 Å². The highest BCUT2D eigenvalue weighted by Crippen LogP contribution is 2.36. The van der Waals surface area contributed by atoms with Crippen LogP contribution in [-0.4, -0.2) is 25.0 Å². The molecule has 1 unspecified atom stereocenters. The molecule has 1 atom stereocenters. The Hall–Kier alpha value is -3.58. The van der Waals surface area contributed by atoms with Crippen LogP contribution >= 0.6 is 15.9 Å². The van der Waals surface area contributed by atoms with Crippen LogP contribution in [0, 0.1) is 0 Å². The van der Waals surface area contributed by atoms with Crippen molar-refractivity contribution >= 4 is 39.5 Å². The van der Waals surface area contributed by atoms with Crippen LogP contribution in [0.4, 0.5) is 5.69 Å². The summed E-state index contributed by atoms with van der Waals surface area (Å²) in [5.41, 5.74) is 2.32. The minimum Gasteiger partial charge on any atom is -0.494 e. The molecule has 3 aromatic rings. The molecule has 186 valence electrons. The van der Waals surface area contributed by atoms with Crippen LogP contribution in [0.3, 0.4) is 0 Å². The van der Waals surface area contributed by atoms with E-state index in [4.69, 9.17) is 9.47 Å². The third-order valence-corrected chi connectivity index (χ3v) is 6.57. The first kappa shape index (κ1) is 25.5. The van der Waals surface area contributed by atoms with Gasteiger partial charge in [0.25, 0.3) is 5.91 Å². The van der Waals surface area contributed by atoms with Crippen molar-refractivity contribution in [1.82, 2.24) is 5.32 Å². The lowest BCUT2D eigenvalue weighted by Gasteiger charge is -2.30. The van der Waals surface area contributed by atoms with E-state index in [0.717, 1.165) is 34.2 Å². The van der Waals surface area contributed by atoms with Crippen LogP contribution in [0.2, 0.25) is 0 Å². The first-order chi connectivity index (χ1) is 17.5.